The van der Waals surface area contributed by atoms with Gasteiger partial charge in [-0.2, -0.15) is 0 Å². The second-order valence-corrected chi connectivity index (χ2v) is 6.63. The Morgan fingerprint density at radius 1 is 1.10 bits per heavy atom. The number of carbonyl (C=O) groups excluding carboxylic acids is 1. The lowest BCUT2D eigenvalue weighted by atomic mass is 9.89. The summed E-state index contributed by atoms with van der Waals surface area (Å²) < 4.78 is 0. The molecule has 1 fully saturated rings. The summed E-state index contributed by atoms with van der Waals surface area (Å²) in [5.41, 5.74) is 3.37. The molecule has 0 N–H and O–H groups in total. The van der Waals surface area contributed by atoms with E-state index in [1.165, 1.54) is 30.4 Å². The van der Waals surface area contributed by atoms with Gasteiger partial charge >= 0.3 is 0 Å². The van der Waals surface area contributed by atoms with Crippen molar-refractivity contribution >= 4 is 5.78 Å². The van der Waals surface area contributed by atoms with E-state index in [2.05, 4.69) is 50.8 Å². The van der Waals surface area contributed by atoms with Gasteiger partial charge in [-0.1, -0.05) is 24.6 Å². The molecule has 2 nitrogen and oxygen atoms in total. The lowest BCUT2D eigenvalue weighted by Crippen LogP contribution is -2.52. The molecule has 0 aromatic heterocycles. The van der Waals surface area contributed by atoms with Crippen LogP contribution in [0.2, 0.25) is 0 Å². The van der Waals surface area contributed by atoms with Gasteiger partial charge in [0.05, 0.1) is 5.54 Å². The molecule has 1 saturated heterocycles. The van der Waals surface area contributed by atoms with E-state index < -0.39 is 0 Å². The van der Waals surface area contributed by atoms with Gasteiger partial charge < -0.3 is 0 Å². The molecular weight excluding hydrogens is 246 g/mol. The summed E-state index contributed by atoms with van der Waals surface area (Å²) in [5, 5.41) is 0. The van der Waals surface area contributed by atoms with Crippen molar-refractivity contribution in [2.75, 3.05) is 13.1 Å². The smallest absolute Gasteiger partial charge is 0.156 e. The summed E-state index contributed by atoms with van der Waals surface area (Å²) in [5.74, 6) is 0.336. The molecule has 0 saturated carbocycles. The zero-order valence-corrected chi connectivity index (χ0v) is 13.3. The third-order valence-corrected chi connectivity index (χ3v) is 4.77. The molecule has 0 amide bonds. The molecule has 0 aliphatic carbocycles. The van der Waals surface area contributed by atoms with Crippen molar-refractivity contribution in [1.29, 1.82) is 0 Å². The molecule has 2 rings (SSSR count). The Balaban J connectivity index is 2.07. The molecule has 1 aliphatic heterocycles. The molecule has 0 spiro atoms. The van der Waals surface area contributed by atoms with Crippen LogP contribution in [-0.2, 0) is 11.2 Å². The molecule has 2 heteroatoms. The summed E-state index contributed by atoms with van der Waals surface area (Å²) >= 11 is 0. The molecule has 1 aromatic rings. The van der Waals surface area contributed by atoms with Gasteiger partial charge in [0.1, 0.15) is 0 Å². The van der Waals surface area contributed by atoms with Crippen molar-refractivity contribution < 1.29 is 4.79 Å². The normalized spacial score (nSPS) is 17.2. The monoisotopic (exact) mass is 273 g/mol. The largest absolute Gasteiger partial charge is 0.297 e. The topological polar surface area (TPSA) is 20.3 Å². The van der Waals surface area contributed by atoms with Crippen molar-refractivity contribution in [2.24, 2.45) is 0 Å². The number of rotatable bonds is 4. The molecule has 1 aliphatic rings. The van der Waals surface area contributed by atoms with E-state index in [4.69, 9.17) is 0 Å². The maximum atomic E-state index is 12.7. The second-order valence-electron chi connectivity index (χ2n) is 6.63. The van der Waals surface area contributed by atoms with Crippen LogP contribution < -0.4 is 0 Å². The summed E-state index contributed by atoms with van der Waals surface area (Å²) in [6.07, 6.45) is 4.29. The van der Waals surface area contributed by atoms with Crippen LogP contribution in [0.1, 0.15) is 49.8 Å². The number of Topliss-reactive ketones (excluding diaryl/α,β-unsaturated/α-hetero) is 1. The van der Waals surface area contributed by atoms with Crippen molar-refractivity contribution in [3.05, 3.63) is 34.9 Å². The fraction of sp³-hybridized carbons (Fsp3) is 0.611. The fourth-order valence-electron chi connectivity index (χ4n) is 2.94. The number of ketones is 1. The van der Waals surface area contributed by atoms with Crippen molar-refractivity contribution in [2.45, 2.75) is 58.9 Å². The molecule has 20 heavy (non-hydrogen) atoms. The third-order valence-electron chi connectivity index (χ3n) is 4.77. The number of hydrogen-bond donors (Lipinski definition) is 0. The maximum Gasteiger partial charge on any atom is 0.156 e. The molecule has 0 unspecified atom stereocenters. The highest BCUT2D eigenvalue weighted by atomic mass is 16.1. The zero-order chi connectivity index (χ0) is 14.8. The molecular formula is C18H27NO. The van der Waals surface area contributed by atoms with Crippen LogP contribution in [-0.4, -0.2) is 29.3 Å². The van der Waals surface area contributed by atoms with E-state index in [0.717, 1.165) is 18.7 Å². The Labute approximate surface area is 123 Å². The van der Waals surface area contributed by atoms with E-state index in [-0.39, 0.29) is 5.54 Å². The van der Waals surface area contributed by atoms with Gasteiger partial charge in [-0.15, -0.1) is 0 Å². The minimum Gasteiger partial charge on any atom is -0.297 e. The van der Waals surface area contributed by atoms with Crippen LogP contribution in [0.4, 0.5) is 0 Å². The zero-order valence-electron chi connectivity index (χ0n) is 13.3. The summed E-state index contributed by atoms with van der Waals surface area (Å²) in [7, 11) is 0. The average Bonchev–Trinajstić information content (AvgIpc) is 2.44. The number of nitrogens with zero attached hydrogens (tertiary/aromatic N) is 1. The first kappa shape index (κ1) is 15.2. The van der Waals surface area contributed by atoms with E-state index in [1.807, 2.05) is 0 Å². The number of likely N-dealkylation sites (tertiary alicyclic amines) is 1. The van der Waals surface area contributed by atoms with Crippen molar-refractivity contribution in [3.63, 3.8) is 0 Å². The Kier molecular flexibility index (Phi) is 4.64. The number of carbonyl (C=O) groups is 1. The predicted molar refractivity (Wildman–Crippen MR) is 84.1 cm³/mol. The first-order chi connectivity index (χ1) is 9.41. The van der Waals surface area contributed by atoms with Crippen molar-refractivity contribution in [1.82, 2.24) is 4.90 Å². The van der Waals surface area contributed by atoms with E-state index >= 15 is 0 Å². The van der Waals surface area contributed by atoms with Gasteiger partial charge in [-0.3, -0.25) is 9.69 Å². The van der Waals surface area contributed by atoms with Crippen LogP contribution in [0.5, 0.6) is 0 Å². The van der Waals surface area contributed by atoms with E-state index in [1.54, 1.807) is 0 Å². The average molecular weight is 273 g/mol. The first-order valence-corrected chi connectivity index (χ1v) is 7.76. The van der Waals surface area contributed by atoms with Crippen LogP contribution in [0.15, 0.2) is 18.2 Å². The Hall–Kier alpha value is -1.15. The maximum absolute atomic E-state index is 12.7. The van der Waals surface area contributed by atoms with Gasteiger partial charge in [0.15, 0.2) is 5.78 Å². The van der Waals surface area contributed by atoms with Crippen LogP contribution in [0, 0.1) is 13.8 Å². The van der Waals surface area contributed by atoms with Gasteiger partial charge in [0.25, 0.3) is 0 Å². The van der Waals surface area contributed by atoms with Gasteiger partial charge in [0.2, 0.25) is 0 Å². The molecule has 0 bridgehead atoms. The van der Waals surface area contributed by atoms with Gasteiger partial charge in [0, 0.05) is 6.42 Å². The predicted octanol–water partition coefficient (Wildman–Crippen LogP) is 3.68. The van der Waals surface area contributed by atoms with E-state index in [0.29, 0.717) is 12.2 Å². The SMILES string of the molecule is Cc1ccc(CC(=O)C(C)(C)N2CCCCC2)cc1C. The van der Waals surface area contributed by atoms with Gasteiger partial charge in [-0.25, -0.2) is 0 Å². The number of hydrogen-bond acceptors (Lipinski definition) is 2. The quantitative estimate of drug-likeness (QED) is 0.834. The molecule has 1 heterocycles. The van der Waals surface area contributed by atoms with E-state index in [9.17, 15) is 4.79 Å². The summed E-state index contributed by atoms with van der Waals surface area (Å²) in [6, 6.07) is 6.36. The van der Waals surface area contributed by atoms with Crippen LogP contribution in [0.3, 0.4) is 0 Å². The standard InChI is InChI=1S/C18H27NO/c1-14-8-9-16(12-15(14)2)13-17(20)18(3,4)19-10-6-5-7-11-19/h8-9,12H,5-7,10-11,13H2,1-4H3. The minimum absolute atomic E-state index is 0.334. The minimum atomic E-state index is -0.334. The first-order valence-electron chi connectivity index (χ1n) is 7.76. The highest BCUT2D eigenvalue weighted by Crippen LogP contribution is 2.23. The van der Waals surface area contributed by atoms with Crippen LogP contribution in [0.25, 0.3) is 0 Å². The summed E-state index contributed by atoms with van der Waals surface area (Å²) in [4.78, 5) is 15.0. The molecule has 110 valence electrons. The Morgan fingerprint density at radius 3 is 2.35 bits per heavy atom. The highest BCUT2D eigenvalue weighted by Gasteiger charge is 2.34. The molecule has 1 aromatic carbocycles. The number of piperidine rings is 1. The lowest BCUT2D eigenvalue weighted by Gasteiger charge is -2.39. The second kappa shape index (κ2) is 6.09. The van der Waals surface area contributed by atoms with Crippen molar-refractivity contribution in [3.8, 4) is 0 Å². The highest BCUT2D eigenvalue weighted by molar-refractivity contribution is 5.89. The molecule has 0 radical (unpaired) electrons. The molecule has 0 atom stereocenters. The lowest BCUT2D eigenvalue weighted by molar-refractivity contribution is -0.129. The Morgan fingerprint density at radius 2 is 1.75 bits per heavy atom. The summed E-state index contributed by atoms with van der Waals surface area (Å²) in [6.45, 7) is 10.5. The van der Waals surface area contributed by atoms with Crippen LogP contribution >= 0.6 is 0 Å². The number of benzene rings is 1. The third kappa shape index (κ3) is 3.29. The van der Waals surface area contributed by atoms with Gasteiger partial charge in [-0.05, 0) is 70.3 Å². The fourth-order valence-corrected chi connectivity index (χ4v) is 2.94. The Bertz CT molecular complexity index is 484. The number of aryl methyl sites for hydroxylation is 2.